The zero-order valence-electron chi connectivity index (χ0n) is 19.1. The maximum atomic E-state index is 13.0. The van der Waals surface area contributed by atoms with Gasteiger partial charge in [0.05, 0.1) is 33.1 Å². The maximum Gasteiger partial charge on any atom is 0.345 e. The van der Waals surface area contributed by atoms with Gasteiger partial charge in [0, 0.05) is 10.0 Å². The molecule has 1 aliphatic heterocycles. The molecule has 0 N–H and O–H groups in total. The third kappa shape index (κ3) is 6.33. The Morgan fingerprint density at radius 3 is 2.51 bits per heavy atom. The summed E-state index contributed by atoms with van der Waals surface area (Å²) in [4.78, 5) is 39.7. The molecule has 0 spiro atoms. The van der Waals surface area contributed by atoms with Gasteiger partial charge in [0.25, 0.3) is 11.1 Å². The topological polar surface area (TPSA) is 72.9 Å². The fourth-order valence-corrected chi connectivity index (χ4v) is 5.48. The molecule has 2 amide bonds. The van der Waals surface area contributed by atoms with Gasteiger partial charge in [-0.3, -0.25) is 14.5 Å². The molecule has 0 radical (unpaired) electrons. The van der Waals surface area contributed by atoms with Gasteiger partial charge in [-0.25, -0.2) is 4.79 Å². The Labute approximate surface area is 240 Å². The zero-order chi connectivity index (χ0) is 26.7. The first-order valence-electron chi connectivity index (χ1n) is 10.8. The van der Waals surface area contributed by atoms with Gasteiger partial charge in [-0.15, -0.1) is 0 Å². The van der Waals surface area contributed by atoms with Crippen LogP contribution in [0.3, 0.4) is 0 Å². The van der Waals surface area contributed by atoms with Gasteiger partial charge < -0.3 is 9.47 Å². The van der Waals surface area contributed by atoms with Crippen molar-refractivity contribution in [1.82, 2.24) is 4.90 Å². The van der Waals surface area contributed by atoms with Gasteiger partial charge in [0.1, 0.15) is 0 Å². The zero-order valence-corrected chi connectivity index (χ0v) is 23.8. The number of halogens is 4. The largest absolute Gasteiger partial charge is 0.490 e. The van der Waals surface area contributed by atoms with E-state index in [1.165, 1.54) is 0 Å². The minimum absolute atomic E-state index is 0.0167. The van der Waals surface area contributed by atoms with Gasteiger partial charge in [0.15, 0.2) is 11.5 Å². The van der Waals surface area contributed by atoms with Crippen LogP contribution < -0.4 is 9.47 Å². The summed E-state index contributed by atoms with van der Waals surface area (Å²) in [6.45, 7) is 2.10. The molecule has 3 aromatic carbocycles. The second-order valence-electron chi connectivity index (χ2n) is 7.64. The quantitative estimate of drug-likeness (QED) is 0.147. The molecular weight excluding hydrogens is 625 g/mol. The summed E-state index contributed by atoms with van der Waals surface area (Å²) in [7, 11) is 0. The Balaban J connectivity index is 1.60. The van der Waals surface area contributed by atoms with Crippen molar-refractivity contribution in [3.05, 3.63) is 95.7 Å². The van der Waals surface area contributed by atoms with E-state index in [-0.39, 0.29) is 33.5 Å². The lowest BCUT2D eigenvalue weighted by Gasteiger charge is -2.14. The van der Waals surface area contributed by atoms with E-state index in [1.54, 1.807) is 67.6 Å². The van der Waals surface area contributed by atoms with Crippen molar-refractivity contribution in [2.45, 2.75) is 13.5 Å². The van der Waals surface area contributed by atoms with E-state index in [1.807, 2.05) is 0 Å². The van der Waals surface area contributed by atoms with Crippen LogP contribution in [0.25, 0.3) is 6.08 Å². The summed E-state index contributed by atoms with van der Waals surface area (Å²) in [5.41, 5.74) is 1.36. The SMILES string of the molecule is CCOc1cc(/C=C2\SC(=O)N(Cc3ccc(Cl)cc3Cl)C2=O)cc(Br)c1OC(=O)c1ccccc1Cl. The molecule has 0 saturated carbocycles. The van der Waals surface area contributed by atoms with E-state index >= 15 is 0 Å². The molecule has 3 aromatic rings. The Morgan fingerprint density at radius 1 is 1.05 bits per heavy atom. The number of esters is 1. The number of carbonyl (C=O) groups excluding carboxylic acids is 3. The monoisotopic (exact) mass is 639 g/mol. The van der Waals surface area contributed by atoms with Crippen LogP contribution in [0.4, 0.5) is 4.79 Å². The number of imide groups is 1. The van der Waals surface area contributed by atoms with Crippen molar-refractivity contribution in [2.24, 2.45) is 0 Å². The molecule has 190 valence electrons. The smallest absolute Gasteiger partial charge is 0.345 e. The van der Waals surface area contributed by atoms with Crippen molar-refractivity contribution in [3.63, 3.8) is 0 Å². The molecule has 11 heteroatoms. The molecule has 4 rings (SSSR count). The highest BCUT2D eigenvalue weighted by Crippen LogP contribution is 2.40. The number of thioether (sulfide) groups is 1. The third-order valence-electron chi connectivity index (χ3n) is 5.14. The fraction of sp³-hybridized carbons (Fsp3) is 0.115. The van der Waals surface area contributed by atoms with E-state index in [0.717, 1.165) is 16.7 Å². The van der Waals surface area contributed by atoms with Crippen LogP contribution in [-0.4, -0.2) is 28.6 Å². The van der Waals surface area contributed by atoms with Gasteiger partial charge in [-0.2, -0.15) is 0 Å². The number of benzene rings is 3. The molecule has 0 bridgehead atoms. The molecule has 0 unspecified atom stereocenters. The van der Waals surface area contributed by atoms with Crippen LogP contribution in [0.5, 0.6) is 11.5 Å². The van der Waals surface area contributed by atoms with Crippen molar-refractivity contribution in [2.75, 3.05) is 6.61 Å². The Bertz CT molecular complexity index is 1450. The second kappa shape index (κ2) is 11.9. The van der Waals surface area contributed by atoms with E-state index in [9.17, 15) is 14.4 Å². The van der Waals surface area contributed by atoms with Gasteiger partial charge in [-0.1, -0.05) is 53.0 Å². The third-order valence-corrected chi connectivity index (χ3v) is 7.55. The summed E-state index contributed by atoms with van der Waals surface area (Å²) >= 11 is 22.5. The number of nitrogens with zero attached hydrogens (tertiary/aromatic N) is 1. The highest BCUT2D eigenvalue weighted by Gasteiger charge is 2.35. The van der Waals surface area contributed by atoms with Crippen LogP contribution in [0.15, 0.2) is 64.0 Å². The Morgan fingerprint density at radius 2 is 1.81 bits per heavy atom. The minimum Gasteiger partial charge on any atom is -0.490 e. The summed E-state index contributed by atoms with van der Waals surface area (Å²) in [5.74, 6) is -0.670. The normalized spacial score (nSPS) is 14.4. The van der Waals surface area contributed by atoms with Crippen molar-refractivity contribution >= 4 is 85.7 Å². The number of hydrogen-bond donors (Lipinski definition) is 0. The average Bonchev–Trinajstić information content (AvgIpc) is 3.10. The molecule has 0 aromatic heterocycles. The lowest BCUT2D eigenvalue weighted by Crippen LogP contribution is -2.27. The fourth-order valence-electron chi connectivity index (χ4n) is 3.42. The number of carbonyl (C=O) groups is 3. The van der Waals surface area contributed by atoms with Crippen molar-refractivity contribution < 1.29 is 23.9 Å². The average molecular weight is 642 g/mol. The Hall–Kier alpha value is -2.49. The minimum atomic E-state index is -0.651. The molecule has 1 heterocycles. The van der Waals surface area contributed by atoms with E-state index in [0.29, 0.717) is 32.3 Å². The molecule has 1 aliphatic rings. The molecule has 0 aliphatic carbocycles. The molecule has 1 fully saturated rings. The summed E-state index contributed by atoms with van der Waals surface area (Å²) in [6, 6.07) is 14.7. The van der Waals surface area contributed by atoms with Crippen LogP contribution in [-0.2, 0) is 11.3 Å². The van der Waals surface area contributed by atoms with E-state index in [2.05, 4.69) is 15.9 Å². The summed E-state index contributed by atoms with van der Waals surface area (Å²) in [5, 5.41) is 0.660. The highest BCUT2D eigenvalue weighted by atomic mass is 79.9. The predicted molar refractivity (Wildman–Crippen MR) is 150 cm³/mol. The number of ether oxygens (including phenoxy) is 2. The van der Waals surface area contributed by atoms with Crippen LogP contribution >= 0.6 is 62.5 Å². The first-order chi connectivity index (χ1) is 17.7. The predicted octanol–water partition coefficient (Wildman–Crippen LogP) is 8.26. The van der Waals surface area contributed by atoms with Gasteiger partial charge >= 0.3 is 5.97 Å². The van der Waals surface area contributed by atoms with Gasteiger partial charge in [0.2, 0.25) is 0 Å². The summed E-state index contributed by atoms with van der Waals surface area (Å²) in [6.07, 6.45) is 1.57. The van der Waals surface area contributed by atoms with Crippen molar-refractivity contribution in [1.29, 1.82) is 0 Å². The van der Waals surface area contributed by atoms with E-state index < -0.39 is 17.1 Å². The van der Waals surface area contributed by atoms with Gasteiger partial charge in [-0.05, 0) is 88.2 Å². The van der Waals surface area contributed by atoms with Crippen LogP contribution in [0, 0.1) is 0 Å². The maximum absolute atomic E-state index is 13.0. The number of hydrogen-bond acceptors (Lipinski definition) is 6. The molecular formula is C26H17BrCl3NO5S. The number of rotatable bonds is 7. The Kier molecular flexibility index (Phi) is 8.87. The first-order valence-corrected chi connectivity index (χ1v) is 13.5. The molecule has 1 saturated heterocycles. The van der Waals surface area contributed by atoms with Crippen LogP contribution in [0.2, 0.25) is 15.1 Å². The van der Waals surface area contributed by atoms with Crippen molar-refractivity contribution in [3.8, 4) is 11.5 Å². The molecule has 6 nitrogen and oxygen atoms in total. The highest BCUT2D eigenvalue weighted by molar-refractivity contribution is 9.10. The van der Waals surface area contributed by atoms with E-state index in [4.69, 9.17) is 44.3 Å². The lowest BCUT2D eigenvalue weighted by atomic mass is 10.1. The second-order valence-corrected chi connectivity index (χ2v) is 10.7. The standard InChI is InChI=1S/C26H17BrCl3NO5S/c1-2-35-21-10-14(9-18(27)23(21)36-25(33)17-5-3-4-6-19(17)29)11-22-24(32)31(26(34)37-22)13-15-7-8-16(28)12-20(15)30/h3-12H,2,13H2,1H3/b22-11-. The lowest BCUT2D eigenvalue weighted by molar-refractivity contribution is -0.123. The number of amides is 2. The summed E-state index contributed by atoms with van der Waals surface area (Å²) < 4.78 is 11.7. The first kappa shape index (κ1) is 27.5. The molecule has 0 atom stereocenters. The molecule has 37 heavy (non-hydrogen) atoms. The van der Waals surface area contributed by atoms with Crippen LogP contribution in [0.1, 0.15) is 28.4 Å².